The van der Waals surface area contributed by atoms with E-state index in [1.807, 2.05) is 29.2 Å². The third-order valence-corrected chi connectivity index (χ3v) is 6.46. The number of anilines is 3. The number of nitrogens with zero attached hydrogens (tertiary/aromatic N) is 7. The molecule has 4 heterocycles. The minimum absolute atomic E-state index is 0.0472. The van der Waals surface area contributed by atoms with Crippen LogP contribution in [0.4, 0.5) is 30.9 Å². The summed E-state index contributed by atoms with van der Waals surface area (Å²) in [5, 5.41) is 0.622. The van der Waals surface area contributed by atoms with Crippen LogP contribution in [0.3, 0.4) is 0 Å². The van der Waals surface area contributed by atoms with E-state index in [-0.39, 0.29) is 5.82 Å². The molecule has 0 bridgehead atoms. The maximum Gasteiger partial charge on any atom is 0.419 e. The third-order valence-electron chi connectivity index (χ3n) is 6.21. The minimum Gasteiger partial charge on any atom is -0.378 e. The molecule has 0 amide bonds. The summed E-state index contributed by atoms with van der Waals surface area (Å²) in [5.41, 5.74) is 0.178. The number of aromatic nitrogens is 4. The maximum absolute atomic E-state index is 13.5. The lowest BCUT2D eigenvalue weighted by Crippen LogP contribution is -2.48. The Morgan fingerprint density at radius 3 is 2.22 bits per heavy atom. The molecule has 0 N–H and O–H groups in total. The van der Waals surface area contributed by atoms with Gasteiger partial charge >= 0.3 is 6.18 Å². The van der Waals surface area contributed by atoms with Gasteiger partial charge in [0.15, 0.2) is 5.82 Å². The second kappa shape index (κ2) is 10.4. The predicted octanol–water partition coefficient (Wildman–Crippen LogP) is 3.91. The first-order chi connectivity index (χ1) is 17.4. The van der Waals surface area contributed by atoms with E-state index in [2.05, 4.69) is 9.88 Å². The molecule has 0 spiro atoms. The zero-order valence-electron chi connectivity index (χ0n) is 19.5. The molecule has 36 heavy (non-hydrogen) atoms. The van der Waals surface area contributed by atoms with Gasteiger partial charge < -0.3 is 19.4 Å². The van der Waals surface area contributed by atoms with Crippen LogP contribution in [0.2, 0.25) is 0 Å². The SMILES string of the molecule is FC(F)(F)c1cccnc1N1CCN(c2nc(C3=CC=C(Cl)C=CC3)nc(N3CCOCC3)n2)CC1. The quantitative estimate of drug-likeness (QED) is 0.602. The van der Waals surface area contributed by atoms with Crippen LogP contribution in [-0.2, 0) is 10.9 Å². The molecule has 190 valence electrons. The van der Waals surface area contributed by atoms with Crippen molar-refractivity contribution < 1.29 is 17.9 Å². The van der Waals surface area contributed by atoms with Gasteiger partial charge in [0.25, 0.3) is 0 Å². The first-order valence-corrected chi connectivity index (χ1v) is 12.1. The van der Waals surface area contributed by atoms with Crippen LogP contribution in [0.25, 0.3) is 5.57 Å². The monoisotopic (exact) mass is 519 g/mol. The smallest absolute Gasteiger partial charge is 0.378 e. The fourth-order valence-corrected chi connectivity index (χ4v) is 4.45. The van der Waals surface area contributed by atoms with E-state index in [1.165, 1.54) is 12.3 Å². The molecular formula is C24H25ClF3N7O. The Bertz CT molecular complexity index is 1190. The van der Waals surface area contributed by atoms with Crippen molar-refractivity contribution in [2.24, 2.45) is 0 Å². The molecule has 2 fully saturated rings. The van der Waals surface area contributed by atoms with E-state index in [9.17, 15) is 13.2 Å². The summed E-state index contributed by atoms with van der Waals surface area (Å²) in [6.07, 6.45) is 5.05. The number of pyridine rings is 1. The van der Waals surface area contributed by atoms with Gasteiger partial charge in [-0.3, -0.25) is 0 Å². The first-order valence-electron chi connectivity index (χ1n) is 11.7. The Kier molecular flexibility index (Phi) is 7.10. The largest absolute Gasteiger partial charge is 0.419 e. The van der Waals surface area contributed by atoms with Crippen molar-refractivity contribution >= 4 is 34.9 Å². The lowest BCUT2D eigenvalue weighted by molar-refractivity contribution is -0.137. The van der Waals surface area contributed by atoms with Gasteiger partial charge in [-0.2, -0.15) is 28.1 Å². The second-order valence-corrected chi connectivity index (χ2v) is 8.99. The topological polar surface area (TPSA) is 70.5 Å². The molecule has 0 unspecified atom stereocenters. The van der Waals surface area contributed by atoms with Gasteiger partial charge in [-0.1, -0.05) is 23.8 Å². The van der Waals surface area contributed by atoms with E-state index in [0.717, 1.165) is 11.6 Å². The molecule has 5 rings (SSSR count). The van der Waals surface area contributed by atoms with Crippen LogP contribution in [-0.4, -0.2) is 72.4 Å². The van der Waals surface area contributed by atoms with E-state index in [0.29, 0.717) is 81.7 Å². The number of halogens is 4. The Balaban J connectivity index is 1.41. The Labute approximate surface area is 211 Å². The standard InChI is InChI=1S/C24H25ClF3N7O/c25-18-4-1-3-17(6-7-18)20-30-22(32-23(31-20)35-13-15-36-16-14-35)34-11-9-33(10-12-34)21-19(24(26,27)28)5-2-8-29-21/h1-2,4-8H,3,9-16H2. The van der Waals surface area contributed by atoms with Gasteiger partial charge in [-0.15, -0.1) is 0 Å². The summed E-state index contributed by atoms with van der Waals surface area (Å²) in [6, 6.07) is 2.37. The van der Waals surface area contributed by atoms with Gasteiger partial charge in [0, 0.05) is 56.1 Å². The van der Waals surface area contributed by atoms with Crippen molar-refractivity contribution in [2.75, 3.05) is 67.2 Å². The Morgan fingerprint density at radius 1 is 0.861 bits per heavy atom. The predicted molar refractivity (Wildman–Crippen MR) is 132 cm³/mol. The number of piperazine rings is 1. The first kappa shape index (κ1) is 24.5. The lowest BCUT2D eigenvalue weighted by atomic mass is 10.1. The number of alkyl halides is 3. The van der Waals surface area contributed by atoms with Crippen LogP contribution >= 0.6 is 11.6 Å². The molecular weight excluding hydrogens is 495 g/mol. The van der Waals surface area contributed by atoms with Crippen molar-refractivity contribution in [1.82, 2.24) is 19.9 Å². The molecule has 0 atom stereocenters. The number of ether oxygens (including phenoxy) is 1. The molecule has 0 saturated carbocycles. The molecule has 0 aromatic carbocycles. The number of allylic oxidation sites excluding steroid dienone is 6. The molecule has 0 radical (unpaired) electrons. The zero-order valence-corrected chi connectivity index (χ0v) is 20.2. The van der Waals surface area contributed by atoms with Gasteiger partial charge in [0.1, 0.15) is 5.82 Å². The van der Waals surface area contributed by atoms with Crippen LogP contribution in [0.5, 0.6) is 0 Å². The van der Waals surface area contributed by atoms with Crippen LogP contribution in [0, 0.1) is 0 Å². The molecule has 2 aromatic rings. The average molecular weight is 520 g/mol. The summed E-state index contributed by atoms with van der Waals surface area (Å²) in [7, 11) is 0. The minimum atomic E-state index is -4.46. The molecule has 2 saturated heterocycles. The number of hydrogen-bond donors (Lipinski definition) is 0. The molecule has 12 heteroatoms. The fraction of sp³-hybridized carbons (Fsp3) is 0.417. The van der Waals surface area contributed by atoms with E-state index in [4.69, 9.17) is 31.3 Å². The average Bonchev–Trinajstić information content (AvgIpc) is 3.13. The molecule has 2 aromatic heterocycles. The van der Waals surface area contributed by atoms with Gasteiger partial charge in [-0.05, 0) is 30.7 Å². The normalized spacial score (nSPS) is 19.2. The van der Waals surface area contributed by atoms with Crippen LogP contribution in [0.1, 0.15) is 17.8 Å². The summed E-state index contributed by atoms with van der Waals surface area (Å²) < 4.78 is 46.0. The highest BCUT2D eigenvalue weighted by molar-refractivity contribution is 6.31. The van der Waals surface area contributed by atoms with Crippen molar-refractivity contribution in [3.05, 3.63) is 59.1 Å². The van der Waals surface area contributed by atoms with Crippen molar-refractivity contribution in [2.45, 2.75) is 12.6 Å². The Hall–Kier alpha value is -3.18. The van der Waals surface area contributed by atoms with Gasteiger partial charge in [0.05, 0.1) is 18.8 Å². The van der Waals surface area contributed by atoms with Crippen molar-refractivity contribution in [3.63, 3.8) is 0 Å². The van der Waals surface area contributed by atoms with Crippen LogP contribution < -0.4 is 14.7 Å². The summed E-state index contributed by atoms with van der Waals surface area (Å²) in [5.74, 6) is 1.57. The second-order valence-electron chi connectivity index (χ2n) is 8.55. The lowest BCUT2D eigenvalue weighted by Gasteiger charge is -2.36. The van der Waals surface area contributed by atoms with Crippen LogP contribution in [0.15, 0.2) is 47.7 Å². The molecule has 2 aliphatic heterocycles. The summed E-state index contributed by atoms with van der Waals surface area (Å²) >= 11 is 6.15. The summed E-state index contributed by atoms with van der Waals surface area (Å²) in [4.78, 5) is 24.0. The number of morpholine rings is 1. The third kappa shape index (κ3) is 5.46. The van der Waals surface area contributed by atoms with E-state index < -0.39 is 11.7 Å². The molecule has 3 aliphatic rings. The fourth-order valence-electron chi connectivity index (χ4n) is 4.30. The maximum atomic E-state index is 13.5. The van der Waals surface area contributed by atoms with E-state index in [1.54, 1.807) is 4.90 Å². The zero-order chi connectivity index (χ0) is 25.1. The molecule has 8 nitrogen and oxygen atoms in total. The molecule has 1 aliphatic carbocycles. The highest BCUT2D eigenvalue weighted by Crippen LogP contribution is 2.35. The summed E-state index contributed by atoms with van der Waals surface area (Å²) in [6.45, 7) is 4.13. The highest BCUT2D eigenvalue weighted by atomic mass is 35.5. The Morgan fingerprint density at radius 2 is 1.53 bits per heavy atom. The van der Waals surface area contributed by atoms with Crippen molar-refractivity contribution in [3.8, 4) is 0 Å². The van der Waals surface area contributed by atoms with Crippen molar-refractivity contribution in [1.29, 1.82) is 0 Å². The number of hydrogen-bond acceptors (Lipinski definition) is 8. The highest BCUT2D eigenvalue weighted by Gasteiger charge is 2.36. The van der Waals surface area contributed by atoms with E-state index >= 15 is 0 Å². The number of rotatable bonds is 4. The van der Waals surface area contributed by atoms with Gasteiger partial charge in [0.2, 0.25) is 11.9 Å². The van der Waals surface area contributed by atoms with Gasteiger partial charge in [-0.25, -0.2) is 4.98 Å².